The molecular weight excluding hydrogens is 242 g/mol. The summed E-state index contributed by atoms with van der Waals surface area (Å²) in [7, 11) is 0. The SMILES string of the molecule is CCOC(=O)c1ccc(N2CCC(CCO)C2)cc1. The predicted molar refractivity (Wildman–Crippen MR) is 74.4 cm³/mol. The van der Waals surface area contributed by atoms with E-state index in [9.17, 15) is 4.79 Å². The molecule has 0 radical (unpaired) electrons. The molecule has 0 amide bonds. The highest BCUT2D eigenvalue weighted by Gasteiger charge is 2.22. The van der Waals surface area contributed by atoms with Crippen LogP contribution in [-0.4, -0.2) is 37.4 Å². The van der Waals surface area contributed by atoms with Crippen molar-refractivity contribution >= 4 is 11.7 Å². The first kappa shape index (κ1) is 13.9. The molecule has 0 aromatic heterocycles. The fourth-order valence-corrected chi connectivity index (χ4v) is 2.51. The molecule has 104 valence electrons. The fraction of sp³-hybridized carbons (Fsp3) is 0.533. The lowest BCUT2D eigenvalue weighted by Gasteiger charge is -2.18. The first-order valence-electron chi connectivity index (χ1n) is 6.87. The Hall–Kier alpha value is -1.55. The molecule has 1 aliphatic heterocycles. The molecule has 1 N–H and O–H groups in total. The van der Waals surface area contributed by atoms with Crippen molar-refractivity contribution < 1.29 is 14.6 Å². The third-order valence-electron chi connectivity index (χ3n) is 3.57. The summed E-state index contributed by atoms with van der Waals surface area (Å²) in [5.41, 5.74) is 1.73. The summed E-state index contributed by atoms with van der Waals surface area (Å²) in [4.78, 5) is 13.9. The van der Waals surface area contributed by atoms with Crippen LogP contribution in [-0.2, 0) is 4.74 Å². The zero-order valence-corrected chi connectivity index (χ0v) is 11.3. The summed E-state index contributed by atoms with van der Waals surface area (Å²) in [6.07, 6.45) is 2.00. The van der Waals surface area contributed by atoms with Crippen molar-refractivity contribution in [3.05, 3.63) is 29.8 Å². The van der Waals surface area contributed by atoms with Gasteiger partial charge in [-0.2, -0.15) is 0 Å². The number of aliphatic hydroxyl groups is 1. The van der Waals surface area contributed by atoms with Crippen LogP contribution >= 0.6 is 0 Å². The monoisotopic (exact) mass is 263 g/mol. The molecule has 1 aliphatic rings. The van der Waals surface area contributed by atoms with Crippen LogP contribution in [0.4, 0.5) is 5.69 Å². The number of rotatable bonds is 5. The maximum absolute atomic E-state index is 11.6. The molecule has 1 aromatic carbocycles. The molecule has 1 unspecified atom stereocenters. The minimum Gasteiger partial charge on any atom is -0.462 e. The minimum absolute atomic E-state index is 0.264. The number of benzene rings is 1. The van der Waals surface area contributed by atoms with Gasteiger partial charge >= 0.3 is 5.97 Å². The van der Waals surface area contributed by atoms with Gasteiger partial charge in [0.15, 0.2) is 0 Å². The average molecular weight is 263 g/mol. The Kier molecular flexibility index (Phi) is 4.80. The molecule has 4 nitrogen and oxygen atoms in total. The van der Waals surface area contributed by atoms with Crippen LogP contribution in [0, 0.1) is 5.92 Å². The van der Waals surface area contributed by atoms with Crippen LogP contribution in [0.25, 0.3) is 0 Å². The number of carbonyl (C=O) groups excluding carboxylic acids is 1. The molecule has 19 heavy (non-hydrogen) atoms. The Morgan fingerprint density at radius 3 is 2.79 bits per heavy atom. The number of hydrogen-bond acceptors (Lipinski definition) is 4. The third kappa shape index (κ3) is 3.47. The molecule has 1 aromatic rings. The molecular formula is C15H21NO3. The van der Waals surface area contributed by atoms with Crippen LogP contribution in [0.3, 0.4) is 0 Å². The van der Waals surface area contributed by atoms with Gasteiger partial charge in [0.25, 0.3) is 0 Å². The van der Waals surface area contributed by atoms with Crippen LogP contribution in [0.1, 0.15) is 30.1 Å². The normalized spacial score (nSPS) is 18.6. The smallest absolute Gasteiger partial charge is 0.338 e. The van der Waals surface area contributed by atoms with Crippen molar-refractivity contribution in [2.75, 3.05) is 31.2 Å². The van der Waals surface area contributed by atoms with E-state index < -0.39 is 0 Å². The molecule has 1 saturated heterocycles. The number of anilines is 1. The van der Waals surface area contributed by atoms with Gasteiger partial charge in [0.1, 0.15) is 0 Å². The molecule has 0 bridgehead atoms. The summed E-state index contributed by atoms with van der Waals surface area (Å²) >= 11 is 0. The van der Waals surface area contributed by atoms with Gasteiger partial charge in [0.05, 0.1) is 12.2 Å². The van der Waals surface area contributed by atoms with Gasteiger partial charge in [-0.25, -0.2) is 4.79 Å². The van der Waals surface area contributed by atoms with Crippen molar-refractivity contribution in [1.82, 2.24) is 0 Å². The van der Waals surface area contributed by atoms with Crippen molar-refractivity contribution in [1.29, 1.82) is 0 Å². The zero-order chi connectivity index (χ0) is 13.7. The topological polar surface area (TPSA) is 49.8 Å². The number of nitrogens with zero attached hydrogens (tertiary/aromatic N) is 1. The number of esters is 1. The van der Waals surface area contributed by atoms with Crippen LogP contribution in [0.2, 0.25) is 0 Å². The number of aliphatic hydroxyl groups excluding tert-OH is 1. The van der Waals surface area contributed by atoms with Crippen molar-refractivity contribution in [3.8, 4) is 0 Å². The predicted octanol–water partition coefficient (Wildman–Crippen LogP) is 2.07. The Balaban J connectivity index is 1.97. The summed E-state index contributed by atoms with van der Waals surface area (Å²) in [6, 6.07) is 7.56. The van der Waals surface area contributed by atoms with Crippen molar-refractivity contribution in [2.45, 2.75) is 19.8 Å². The second-order valence-corrected chi connectivity index (χ2v) is 4.88. The second kappa shape index (κ2) is 6.57. The lowest BCUT2D eigenvalue weighted by Crippen LogP contribution is -2.20. The van der Waals surface area contributed by atoms with Crippen LogP contribution in [0.15, 0.2) is 24.3 Å². The van der Waals surface area contributed by atoms with Gasteiger partial charge < -0.3 is 14.7 Å². The maximum atomic E-state index is 11.6. The van der Waals surface area contributed by atoms with Gasteiger partial charge in [0, 0.05) is 25.4 Å². The first-order valence-corrected chi connectivity index (χ1v) is 6.87. The Morgan fingerprint density at radius 2 is 2.16 bits per heavy atom. The summed E-state index contributed by atoms with van der Waals surface area (Å²) in [5.74, 6) is 0.309. The van der Waals surface area contributed by atoms with E-state index in [1.807, 2.05) is 24.3 Å². The highest BCUT2D eigenvalue weighted by Crippen LogP contribution is 2.25. The van der Waals surface area contributed by atoms with Gasteiger partial charge in [-0.15, -0.1) is 0 Å². The van der Waals surface area contributed by atoms with Gasteiger partial charge in [0.2, 0.25) is 0 Å². The molecule has 0 aliphatic carbocycles. The average Bonchev–Trinajstić information content (AvgIpc) is 2.88. The standard InChI is InChI=1S/C15H21NO3/c1-2-19-15(18)13-3-5-14(6-4-13)16-9-7-12(11-16)8-10-17/h3-6,12,17H,2,7-11H2,1H3. The molecule has 1 heterocycles. The number of hydrogen-bond donors (Lipinski definition) is 1. The Labute approximate surface area is 114 Å². The second-order valence-electron chi connectivity index (χ2n) is 4.88. The highest BCUT2D eigenvalue weighted by atomic mass is 16.5. The summed E-state index contributed by atoms with van der Waals surface area (Å²) < 4.78 is 4.96. The van der Waals surface area contributed by atoms with E-state index in [2.05, 4.69) is 4.90 Å². The minimum atomic E-state index is -0.270. The van der Waals surface area contributed by atoms with Crippen molar-refractivity contribution in [2.24, 2.45) is 5.92 Å². The molecule has 1 fully saturated rings. The lowest BCUT2D eigenvalue weighted by molar-refractivity contribution is 0.0526. The lowest BCUT2D eigenvalue weighted by atomic mass is 10.1. The van der Waals surface area contributed by atoms with E-state index in [0.29, 0.717) is 18.1 Å². The van der Waals surface area contributed by atoms with Gasteiger partial charge in [-0.3, -0.25) is 0 Å². The van der Waals surface area contributed by atoms with E-state index in [4.69, 9.17) is 9.84 Å². The fourth-order valence-electron chi connectivity index (χ4n) is 2.51. The zero-order valence-electron chi connectivity index (χ0n) is 11.3. The Morgan fingerprint density at radius 1 is 1.42 bits per heavy atom. The quantitative estimate of drug-likeness (QED) is 0.826. The van der Waals surface area contributed by atoms with Gasteiger partial charge in [-0.05, 0) is 49.9 Å². The van der Waals surface area contributed by atoms with E-state index >= 15 is 0 Å². The summed E-state index contributed by atoms with van der Waals surface area (Å²) in [6.45, 7) is 4.47. The molecule has 2 rings (SSSR count). The van der Waals surface area contributed by atoms with Crippen LogP contribution in [0.5, 0.6) is 0 Å². The first-order chi connectivity index (χ1) is 9.24. The molecule has 0 spiro atoms. The number of ether oxygens (including phenoxy) is 1. The van der Waals surface area contributed by atoms with E-state index in [1.165, 1.54) is 0 Å². The number of carbonyl (C=O) groups is 1. The molecule has 1 atom stereocenters. The van der Waals surface area contributed by atoms with Crippen molar-refractivity contribution in [3.63, 3.8) is 0 Å². The van der Waals surface area contributed by atoms with Crippen LogP contribution < -0.4 is 4.90 Å². The highest BCUT2D eigenvalue weighted by molar-refractivity contribution is 5.89. The van der Waals surface area contributed by atoms with Gasteiger partial charge in [-0.1, -0.05) is 0 Å². The third-order valence-corrected chi connectivity index (χ3v) is 3.57. The molecule has 4 heteroatoms. The van der Waals surface area contributed by atoms with E-state index in [1.54, 1.807) is 6.92 Å². The van der Waals surface area contributed by atoms with E-state index in [-0.39, 0.29) is 12.6 Å². The van der Waals surface area contributed by atoms with E-state index in [0.717, 1.165) is 31.6 Å². The largest absolute Gasteiger partial charge is 0.462 e. The Bertz CT molecular complexity index is 416. The molecule has 0 saturated carbocycles. The maximum Gasteiger partial charge on any atom is 0.338 e. The summed E-state index contributed by atoms with van der Waals surface area (Å²) in [5, 5.41) is 8.96.